The van der Waals surface area contributed by atoms with Gasteiger partial charge in [0.1, 0.15) is 11.2 Å². The molecule has 0 unspecified atom stereocenters. The second-order valence-electron chi connectivity index (χ2n) is 7.30. The summed E-state index contributed by atoms with van der Waals surface area (Å²) in [7, 11) is -3.85. The van der Waals surface area contributed by atoms with Crippen LogP contribution in [0.5, 0.6) is 0 Å². The number of carboxylic acid groups (broad SMARTS) is 1. The number of aromatic nitrogens is 3. The van der Waals surface area contributed by atoms with Crippen molar-refractivity contribution in [1.29, 1.82) is 0 Å². The summed E-state index contributed by atoms with van der Waals surface area (Å²) in [6.07, 6.45) is -2.63. The van der Waals surface area contributed by atoms with Gasteiger partial charge in [-0.3, -0.25) is 4.79 Å². The molecule has 35 heavy (non-hydrogen) atoms. The Morgan fingerprint density at radius 1 is 1.23 bits per heavy atom. The second-order valence-corrected chi connectivity index (χ2v) is 8.86. The maximum Gasteiger partial charge on any atom is 0.490 e. The van der Waals surface area contributed by atoms with Gasteiger partial charge >= 0.3 is 12.1 Å². The third-order valence-electron chi connectivity index (χ3n) is 4.68. The van der Waals surface area contributed by atoms with Crippen molar-refractivity contribution in [2.45, 2.75) is 23.5 Å². The lowest BCUT2D eigenvalue weighted by Gasteiger charge is -2.14. The number of pyridine rings is 1. The highest BCUT2D eigenvalue weighted by Gasteiger charge is 2.38. The number of primary sulfonamides is 1. The van der Waals surface area contributed by atoms with Crippen LogP contribution in [-0.2, 0) is 14.8 Å². The third-order valence-corrected chi connectivity index (χ3v) is 5.59. The first kappa shape index (κ1) is 25.9. The summed E-state index contributed by atoms with van der Waals surface area (Å²) in [6, 6.07) is 7.87. The summed E-state index contributed by atoms with van der Waals surface area (Å²) in [5, 5.41) is 22.1. The average Bonchev–Trinajstić information content (AvgIpc) is 3.26. The zero-order valence-electron chi connectivity index (χ0n) is 17.8. The van der Waals surface area contributed by atoms with Crippen LogP contribution in [-0.4, -0.2) is 59.8 Å². The van der Waals surface area contributed by atoms with Crippen LogP contribution < -0.4 is 26.6 Å². The fourth-order valence-corrected chi connectivity index (χ4v) is 3.65. The molecule has 7 N–H and O–H groups in total. The highest BCUT2D eigenvalue weighted by molar-refractivity contribution is 7.89. The normalized spacial score (nSPS) is 15.8. The number of halogens is 3. The van der Waals surface area contributed by atoms with E-state index in [0.717, 1.165) is 19.5 Å². The van der Waals surface area contributed by atoms with E-state index in [2.05, 4.69) is 30.9 Å². The first-order valence-electron chi connectivity index (χ1n) is 9.91. The molecule has 0 radical (unpaired) electrons. The molecule has 1 aliphatic rings. The van der Waals surface area contributed by atoms with Crippen LogP contribution in [0.4, 0.5) is 30.6 Å². The Hall–Kier alpha value is -3.76. The topological polar surface area (TPSA) is 192 Å². The number of fused-ring (bicyclic) bond motifs is 1. The zero-order chi connectivity index (χ0) is 25.8. The molecule has 188 valence electrons. The molecular formula is C19H20F3N7O5S. The molecule has 3 heterocycles. The summed E-state index contributed by atoms with van der Waals surface area (Å²) in [5.41, 5.74) is 0.553. The molecule has 0 aliphatic carbocycles. The van der Waals surface area contributed by atoms with E-state index in [9.17, 15) is 26.4 Å². The van der Waals surface area contributed by atoms with Gasteiger partial charge in [0, 0.05) is 24.5 Å². The number of hydrogen-bond acceptors (Lipinski definition) is 9. The van der Waals surface area contributed by atoms with Crippen LogP contribution in [0.2, 0.25) is 0 Å². The van der Waals surface area contributed by atoms with Gasteiger partial charge in [-0.15, -0.1) is 0 Å². The van der Waals surface area contributed by atoms with E-state index >= 15 is 0 Å². The Balaban J connectivity index is 0.000000429. The van der Waals surface area contributed by atoms with E-state index < -0.39 is 22.2 Å². The fourth-order valence-electron chi connectivity index (χ4n) is 3.09. The van der Waals surface area contributed by atoms with Crippen molar-refractivity contribution in [3.63, 3.8) is 0 Å². The van der Waals surface area contributed by atoms with Crippen molar-refractivity contribution in [1.82, 2.24) is 20.3 Å². The number of nitrogens with zero attached hydrogens (tertiary/aromatic N) is 2. The summed E-state index contributed by atoms with van der Waals surface area (Å²) < 4.78 is 54.9. The van der Waals surface area contributed by atoms with Gasteiger partial charge in [0.15, 0.2) is 0 Å². The maximum absolute atomic E-state index is 12.3. The number of nitrogens with two attached hydrogens (primary N) is 1. The maximum atomic E-state index is 12.3. The summed E-state index contributed by atoms with van der Waals surface area (Å²) >= 11 is 0. The number of rotatable bonds is 5. The van der Waals surface area contributed by atoms with Gasteiger partial charge in [-0.1, -0.05) is 6.07 Å². The largest absolute Gasteiger partial charge is 0.490 e. The first-order valence-corrected chi connectivity index (χ1v) is 11.5. The molecule has 4 rings (SSSR count). The summed E-state index contributed by atoms with van der Waals surface area (Å²) in [5.74, 6) is -2.10. The molecule has 1 aromatic carbocycles. The smallest absolute Gasteiger partial charge is 0.475 e. The number of aromatic amines is 1. The molecule has 1 aliphatic heterocycles. The third kappa shape index (κ3) is 6.87. The highest BCUT2D eigenvalue weighted by Crippen LogP contribution is 2.24. The van der Waals surface area contributed by atoms with Crippen LogP contribution in [0.15, 0.2) is 46.2 Å². The van der Waals surface area contributed by atoms with Crippen molar-refractivity contribution >= 4 is 44.3 Å². The Morgan fingerprint density at radius 3 is 2.54 bits per heavy atom. The van der Waals surface area contributed by atoms with Crippen LogP contribution in [0.3, 0.4) is 0 Å². The van der Waals surface area contributed by atoms with E-state index in [1.54, 1.807) is 18.2 Å². The minimum Gasteiger partial charge on any atom is -0.475 e. The lowest BCUT2D eigenvalue weighted by atomic mass is 10.2. The van der Waals surface area contributed by atoms with Crippen LogP contribution in [0.25, 0.3) is 10.9 Å². The number of carbonyl (C=O) groups is 1. The predicted molar refractivity (Wildman–Crippen MR) is 120 cm³/mol. The van der Waals surface area contributed by atoms with Crippen molar-refractivity contribution in [3.8, 4) is 0 Å². The molecule has 1 atom stereocenters. The number of hydrogen-bond donors (Lipinski definition) is 6. The molecule has 1 fully saturated rings. The number of carboxylic acids is 1. The molecule has 1 saturated heterocycles. The average molecular weight is 515 g/mol. The first-order chi connectivity index (χ1) is 16.3. The monoisotopic (exact) mass is 515 g/mol. The van der Waals surface area contributed by atoms with Crippen molar-refractivity contribution in [3.05, 3.63) is 46.9 Å². The van der Waals surface area contributed by atoms with E-state index in [-0.39, 0.29) is 27.7 Å². The molecule has 0 bridgehead atoms. The van der Waals surface area contributed by atoms with E-state index in [1.165, 1.54) is 18.3 Å². The number of nitrogens with one attached hydrogen (secondary N) is 4. The number of sulfonamides is 1. The lowest BCUT2D eigenvalue weighted by Crippen LogP contribution is -2.24. The molecule has 0 spiro atoms. The van der Waals surface area contributed by atoms with E-state index in [1.807, 2.05) is 0 Å². The molecule has 12 nitrogen and oxygen atoms in total. The molecular weight excluding hydrogens is 495 g/mol. The number of benzene rings is 1. The zero-order valence-corrected chi connectivity index (χ0v) is 18.6. The standard InChI is InChI=1S/C17H19N7O3S.C2HF3O2/c18-28(26,27)12-3-1-2-10(8-12)21-15-14-13(5-7-20-16(14)25)23-17(24-15)22-11-4-6-19-9-11;3-2(4,5)1(6)7/h1-3,5,7-8,11,19H,4,6,9H2,(H,20,25)(H2,18,26,27)(H2,21,22,23,24);(H,6,7)/t11-;/m1./s1. The highest BCUT2D eigenvalue weighted by atomic mass is 32.2. The Labute approximate surface area is 195 Å². The molecule has 2 aromatic heterocycles. The molecule has 0 saturated carbocycles. The van der Waals surface area contributed by atoms with Gasteiger partial charge in [0.05, 0.1) is 10.4 Å². The van der Waals surface area contributed by atoms with Gasteiger partial charge in [0.25, 0.3) is 5.56 Å². The number of alkyl halides is 3. The SMILES string of the molecule is NS(=O)(=O)c1cccc(Nc2nc(N[C@@H]3CCNC3)nc3cc[nH]c(=O)c23)c1.O=C(O)C(F)(F)F. The minimum absolute atomic E-state index is 0.0415. The van der Waals surface area contributed by atoms with E-state index in [0.29, 0.717) is 17.2 Å². The minimum atomic E-state index is -5.08. The molecule has 16 heteroatoms. The Bertz CT molecular complexity index is 1390. The van der Waals surface area contributed by atoms with Crippen molar-refractivity contribution < 1.29 is 31.5 Å². The predicted octanol–water partition coefficient (Wildman–Crippen LogP) is 1.12. The van der Waals surface area contributed by atoms with Gasteiger partial charge < -0.3 is 26.0 Å². The number of anilines is 3. The fraction of sp³-hybridized carbons (Fsp3) is 0.263. The van der Waals surface area contributed by atoms with E-state index in [4.69, 9.17) is 15.0 Å². The summed E-state index contributed by atoms with van der Waals surface area (Å²) in [4.78, 5) is 32.7. The lowest BCUT2D eigenvalue weighted by molar-refractivity contribution is -0.192. The van der Waals surface area contributed by atoms with Crippen LogP contribution >= 0.6 is 0 Å². The van der Waals surface area contributed by atoms with Crippen LogP contribution in [0, 0.1) is 0 Å². The molecule has 3 aromatic rings. The van der Waals surface area contributed by atoms with Gasteiger partial charge in [-0.05, 0) is 37.2 Å². The number of aliphatic carboxylic acids is 1. The summed E-state index contributed by atoms with van der Waals surface area (Å²) in [6.45, 7) is 1.71. The van der Waals surface area contributed by atoms with Gasteiger partial charge in [-0.2, -0.15) is 18.2 Å². The molecule has 0 amide bonds. The Morgan fingerprint density at radius 2 is 1.94 bits per heavy atom. The van der Waals surface area contributed by atoms with Gasteiger partial charge in [-0.25, -0.2) is 23.3 Å². The van der Waals surface area contributed by atoms with Crippen molar-refractivity contribution in [2.75, 3.05) is 23.7 Å². The second kappa shape index (κ2) is 10.2. The quantitative estimate of drug-likeness (QED) is 0.287. The van der Waals surface area contributed by atoms with Crippen molar-refractivity contribution in [2.24, 2.45) is 5.14 Å². The van der Waals surface area contributed by atoms with Crippen LogP contribution in [0.1, 0.15) is 6.42 Å². The number of H-pyrrole nitrogens is 1. The Kier molecular flexibility index (Phi) is 7.57. The van der Waals surface area contributed by atoms with Gasteiger partial charge in [0.2, 0.25) is 16.0 Å².